The van der Waals surface area contributed by atoms with Gasteiger partial charge in [-0.1, -0.05) is 18.9 Å². The van der Waals surface area contributed by atoms with Gasteiger partial charge in [0.15, 0.2) is 0 Å². The first kappa shape index (κ1) is 13.4. The Labute approximate surface area is 107 Å². The summed E-state index contributed by atoms with van der Waals surface area (Å²) in [5.41, 5.74) is 6.27. The largest absolute Gasteiger partial charge is 0.329 e. The number of rotatable bonds is 4. The van der Waals surface area contributed by atoms with E-state index < -0.39 is 11.6 Å². The zero-order valence-electron chi connectivity index (χ0n) is 10.7. The first-order valence-corrected chi connectivity index (χ1v) is 6.50. The zero-order valence-corrected chi connectivity index (χ0v) is 10.7. The quantitative estimate of drug-likeness (QED) is 0.895. The highest BCUT2D eigenvalue weighted by molar-refractivity contribution is 5.22. The van der Waals surface area contributed by atoms with E-state index in [4.69, 9.17) is 5.73 Å². The number of hydrogen-bond acceptors (Lipinski definition) is 2. The molecule has 1 aromatic rings. The lowest BCUT2D eigenvalue weighted by molar-refractivity contribution is 0.176. The summed E-state index contributed by atoms with van der Waals surface area (Å²) in [6.07, 6.45) is 4.71. The number of nitrogens with zero attached hydrogens (tertiary/aromatic N) is 1. The van der Waals surface area contributed by atoms with Gasteiger partial charge in [-0.3, -0.25) is 4.90 Å². The van der Waals surface area contributed by atoms with Crippen molar-refractivity contribution in [3.05, 3.63) is 35.4 Å². The van der Waals surface area contributed by atoms with Gasteiger partial charge in [-0.25, -0.2) is 8.78 Å². The molecule has 1 atom stereocenters. The number of halogens is 2. The van der Waals surface area contributed by atoms with Gasteiger partial charge in [-0.2, -0.15) is 0 Å². The van der Waals surface area contributed by atoms with E-state index in [-0.39, 0.29) is 6.04 Å². The first-order chi connectivity index (χ1) is 8.63. The van der Waals surface area contributed by atoms with Crippen LogP contribution in [0.4, 0.5) is 8.78 Å². The minimum Gasteiger partial charge on any atom is -0.329 e. The number of nitrogens with two attached hydrogens (primary N) is 1. The van der Waals surface area contributed by atoms with Gasteiger partial charge >= 0.3 is 0 Å². The third-order valence-electron chi connectivity index (χ3n) is 3.94. The molecule has 100 valence electrons. The molecule has 0 aliphatic heterocycles. The van der Waals surface area contributed by atoms with Gasteiger partial charge in [0.2, 0.25) is 0 Å². The third-order valence-corrected chi connectivity index (χ3v) is 3.94. The number of benzene rings is 1. The normalized spacial score (nSPS) is 18.5. The molecule has 1 unspecified atom stereocenters. The average molecular weight is 254 g/mol. The van der Waals surface area contributed by atoms with Crippen molar-refractivity contribution in [1.29, 1.82) is 0 Å². The third kappa shape index (κ3) is 2.70. The summed E-state index contributed by atoms with van der Waals surface area (Å²) < 4.78 is 26.7. The van der Waals surface area contributed by atoms with E-state index in [2.05, 4.69) is 4.90 Å². The van der Waals surface area contributed by atoms with E-state index in [1.165, 1.54) is 25.0 Å². The molecule has 1 saturated carbocycles. The van der Waals surface area contributed by atoms with Gasteiger partial charge < -0.3 is 5.73 Å². The standard InChI is InChI=1S/C14H20F2N2/c1-18(11-4-2-3-5-11)14(9-17)12-7-6-10(15)8-13(12)16/h6-8,11,14H,2-5,9,17H2,1H3. The second-order valence-corrected chi connectivity index (χ2v) is 5.02. The Morgan fingerprint density at radius 3 is 2.56 bits per heavy atom. The Hall–Kier alpha value is -1.00. The molecule has 0 saturated heterocycles. The molecule has 0 radical (unpaired) electrons. The van der Waals surface area contributed by atoms with Crippen molar-refractivity contribution in [2.24, 2.45) is 5.73 Å². The molecule has 1 aliphatic carbocycles. The summed E-state index contributed by atoms with van der Waals surface area (Å²) >= 11 is 0. The van der Waals surface area contributed by atoms with Crippen LogP contribution in [-0.2, 0) is 0 Å². The average Bonchev–Trinajstić information content (AvgIpc) is 2.86. The van der Waals surface area contributed by atoms with Gasteiger partial charge in [0.05, 0.1) is 0 Å². The van der Waals surface area contributed by atoms with Crippen LogP contribution in [0.15, 0.2) is 18.2 Å². The van der Waals surface area contributed by atoms with Gasteiger partial charge in [0.1, 0.15) is 11.6 Å². The molecule has 1 aliphatic rings. The van der Waals surface area contributed by atoms with E-state index in [0.29, 0.717) is 18.2 Å². The summed E-state index contributed by atoms with van der Waals surface area (Å²) in [5.74, 6) is -1.05. The van der Waals surface area contributed by atoms with Crippen molar-refractivity contribution in [2.45, 2.75) is 37.8 Å². The molecular formula is C14H20F2N2. The van der Waals surface area contributed by atoms with E-state index in [1.807, 2.05) is 7.05 Å². The van der Waals surface area contributed by atoms with Crippen LogP contribution in [0.1, 0.15) is 37.3 Å². The fourth-order valence-corrected chi connectivity index (χ4v) is 2.85. The smallest absolute Gasteiger partial charge is 0.130 e. The zero-order chi connectivity index (χ0) is 13.1. The van der Waals surface area contributed by atoms with Crippen LogP contribution in [0.3, 0.4) is 0 Å². The minimum atomic E-state index is -0.546. The van der Waals surface area contributed by atoms with E-state index in [9.17, 15) is 8.78 Å². The summed E-state index contributed by atoms with van der Waals surface area (Å²) in [6.45, 7) is 0.343. The topological polar surface area (TPSA) is 29.3 Å². The van der Waals surface area contributed by atoms with Crippen LogP contribution < -0.4 is 5.73 Å². The Morgan fingerprint density at radius 2 is 2.00 bits per heavy atom. The Morgan fingerprint density at radius 1 is 1.33 bits per heavy atom. The molecule has 18 heavy (non-hydrogen) atoms. The molecular weight excluding hydrogens is 234 g/mol. The van der Waals surface area contributed by atoms with Crippen LogP contribution in [0.5, 0.6) is 0 Å². The van der Waals surface area contributed by atoms with Crippen molar-refractivity contribution in [3.8, 4) is 0 Å². The van der Waals surface area contributed by atoms with Gasteiger partial charge in [-0.05, 0) is 26.0 Å². The van der Waals surface area contributed by atoms with E-state index in [1.54, 1.807) is 0 Å². The summed E-state index contributed by atoms with van der Waals surface area (Å²) in [4.78, 5) is 2.14. The molecule has 2 rings (SSSR count). The summed E-state index contributed by atoms with van der Waals surface area (Å²) in [5, 5.41) is 0. The Bertz CT molecular complexity index is 403. The van der Waals surface area contributed by atoms with E-state index in [0.717, 1.165) is 18.9 Å². The van der Waals surface area contributed by atoms with Crippen LogP contribution in [-0.4, -0.2) is 24.5 Å². The number of hydrogen-bond donors (Lipinski definition) is 1. The predicted molar refractivity (Wildman–Crippen MR) is 68.2 cm³/mol. The summed E-state index contributed by atoms with van der Waals surface area (Å²) in [7, 11) is 1.98. The molecule has 4 heteroatoms. The highest BCUT2D eigenvalue weighted by Gasteiger charge is 2.27. The second kappa shape index (κ2) is 5.76. The van der Waals surface area contributed by atoms with Crippen molar-refractivity contribution >= 4 is 0 Å². The fraction of sp³-hybridized carbons (Fsp3) is 0.571. The van der Waals surface area contributed by atoms with Gasteiger partial charge in [-0.15, -0.1) is 0 Å². The maximum atomic E-state index is 13.8. The predicted octanol–water partition coefficient (Wildman–Crippen LogP) is 2.84. The monoisotopic (exact) mass is 254 g/mol. The second-order valence-electron chi connectivity index (χ2n) is 5.02. The van der Waals surface area contributed by atoms with Crippen molar-refractivity contribution in [2.75, 3.05) is 13.6 Å². The highest BCUT2D eigenvalue weighted by Crippen LogP contribution is 2.30. The molecule has 0 aromatic heterocycles. The van der Waals surface area contributed by atoms with Crippen molar-refractivity contribution < 1.29 is 8.78 Å². The van der Waals surface area contributed by atoms with Gasteiger partial charge in [0.25, 0.3) is 0 Å². The fourth-order valence-electron chi connectivity index (χ4n) is 2.85. The first-order valence-electron chi connectivity index (χ1n) is 6.50. The molecule has 0 spiro atoms. The van der Waals surface area contributed by atoms with Crippen LogP contribution >= 0.6 is 0 Å². The van der Waals surface area contributed by atoms with Crippen molar-refractivity contribution in [1.82, 2.24) is 4.90 Å². The molecule has 0 heterocycles. The Balaban J connectivity index is 2.21. The molecule has 0 bridgehead atoms. The lowest BCUT2D eigenvalue weighted by atomic mass is 10.0. The Kier molecular flexibility index (Phi) is 4.30. The van der Waals surface area contributed by atoms with Crippen LogP contribution in [0.2, 0.25) is 0 Å². The van der Waals surface area contributed by atoms with Crippen LogP contribution in [0.25, 0.3) is 0 Å². The lowest BCUT2D eigenvalue weighted by Crippen LogP contribution is -2.37. The molecule has 1 fully saturated rings. The molecule has 2 N–H and O–H groups in total. The SMILES string of the molecule is CN(C1CCCC1)C(CN)c1ccc(F)cc1F. The molecule has 2 nitrogen and oxygen atoms in total. The minimum absolute atomic E-state index is 0.173. The van der Waals surface area contributed by atoms with E-state index >= 15 is 0 Å². The van der Waals surface area contributed by atoms with Gasteiger partial charge in [0, 0.05) is 30.3 Å². The molecule has 0 amide bonds. The van der Waals surface area contributed by atoms with Crippen LogP contribution in [0, 0.1) is 11.6 Å². The van der Waals surface area contributed by atoms with Crippen molar-refractivity contribution in [3.63, 3.8) is 0 Å². The maximum Gasteiger partial charge on any atom is 0.130 e. The molecule has 1 aromatic carbocycles. The highest BCUT2D eigenvalue weighted by atomic mass is 19.1. The number of likely N-dealkylation sites (N-methyl/N-ethyl adjacent to an activating group) is 1. The lowest BCUT2D eigenvalue weighted by Gasteiger charge is -2.32. The summed E-state index contributed by atoms with van der Waals surface area (Å²) in [6, 6.07) is 4.02. The maximum absolute atomic E-state index is 13.8.